The van der Waals surface area contributed by atoms with E-state index >= 15 is 0 Å². The Morgan fingerprint density at radius 3 is 2.40 bits per heavy atom. The van der Waals surface area contributed by atoms with Crippen LogP contribution < -0.4 is 5.32 Å². The van der Waals surface area contributed by atoms with Gasteiger partial charge in [-0.1, -0.05) is 43.7 Å². The number of hydrogen-bond donors (Lipinski definition) is 2. The van der Waals surface area contributed by atoms with Crippen LogP contribution in [0.2, 0.25) is 0 Å². The van der Waals surface area contributed by atoms with Gasteiger partial charge in [0.25, 0.3) is 0 Å². The van der Waals surface area contributed by atoms with Gasteiger partial charge in [-0.05, 0) is 43.6 Å². The first-order valence-corrected chi connectivity index (χ1v) is 7.51. The minimum atomic E-state index is -0.725. The number of hydrogen-bond acceptors (Lipinski definition) is 2. The predicted molar refractivity (Wildman–Crippen MR) is 81.0 cm³/mol. The van der Waals surface area contributed by atoms with Crippen LogP contribution in [-0.2, 0) is 4.79 Å². The summed E-state index contributed by atoms with van der Waals surface area (Å²) in [5.74, 6) is 0.260. The van der Waals surface area contributed by atoms with Crippen molar-refractivity contribution in [2.75, 3.05) is 0 Å². The van der Waals surface area contributed by atoms with Crippen molar-refractivity contribution in [1.29, 1.82) is 0 Å². The highest BCUT2D eigenvalue weighted by Crippen LogP contribution is 2.37. The van der Waals surface area contributed by atoms with Crippen molar-refractivity contribution in [1.82, 2.24) is 5.32 Å². The van der Waals surface area contributed by atoms with Gasteiger partial charge in [-0.2, -0.15) is 0 Å². The van der Waals surface area contributed by atoms with Crippen LogP contribution >= 0.6 is 0 Å². The number of carbonyl (C=O) groups is 1. The number of carboxylic acid groups (broad SMARTS) is 1. The quantitative estimate of drug-likeness (QED) is 0.837. The number of carboxylic acids is 1. The highest BCUT2D eigenvalue weighted by molar-refractivity contribution is 5.73. The Kier molecular flexibility index (Phi) is 4.81. The monoisotopic (exact) mass is 275 g/mol. The van der Waals surface area contributed by atoms with E-state index in [0.29, 0.717) is 24.3 Å². The predicted octanol–water partition coefficient (Wildman–Crippen LogP) is 3.33. The van der Waals surface area contributed by atoms with E-state index in [1.54, 1.807) is 0 Å². The minimum absolute atomic E-state index is 0.348. The molecule has 1 saturated carbocycles. The fraction of sp³-hybridized carbons (Fsp3) is 0.588. The van der Waals surface area contributed by atoms with Crippen LogP contribution in [0.1, 0.15) is 50.2 Å². The second kappa shape index (κ2) is 6.40. The summed E-state index contributed by atoms with van der Waals surface area (Å²) < 4.78 is 0. The lowest BCUT2D eigenvalue weighted by Gasteiger charge is -2.38. The van der Waals surface area contributed by atoms with E-state index < -0.39 is 12.0 Å². The summed E-state index contributed by atoms with van der Waals surface area (Å²) in [5.41, 5.74) is 2.66. The summed E-state index contributed by atoms with van der Waals surface area (Å²) >= 11 is 0. The molecule has 1 unspecified atom stereocenters. The molecule has 2 rings (SSSR count). The molecule has 0 heterocycles. The molecule has 1 fully saturated rings. The van der Waals surface area contributed by atoms with Crippen LogP contribution in [0.4, 0.5) is 0 Å². The lowest BCUT2D eigenvalue weighted by molar-refractivity contribution is -0.140. The van der Waals surface area contributed by atoms with Crippen LogP contribution in [0.5, 0.6) is 0 Å². The summed E-state index contributed by atoms with van der Waals surface area (Å²) in [5, 5.41) is 12.5. The Bertz CT molecular complexity index is 447. The minimum Gasteiger partial charge on any atom is -0.480 e. The highest BCUT2D eigenvalue weighted by atomic mass is 16.4. The first kappa shape index (κ1) is 15.0. The maximum Gasteiger partial charge on any atom is 0.320 e. The molecule has 1 atom stereocenters. The molecule has 0 amide bonds. The third kappa shape index (κ3) is 3.83. The molecule has 0 aromatic heterocycles. The van der Waals surface area contributed by atoms with Gasteiger partial charge >= 0.3 is 5.97 Å². The third-order valence-electron chi connectivity index (χ3n) is 4.13. The first-order valence-electron chi connectivity index (χ1n) is 7.51. The van der Waals surface area contributed by atoms with E-state index in [2.05, 4.69) is 50.4 Å². The lowest BCUT2D eigenvalue weighted by atomic mass is 9.75. The average molecular weight is 275 g/mol. The van der Waals surface area contributed by atoms with Crippen LogP contribution in [0.15, 0.2) is 24.3 Å². The zero-order chi connectivity index (χ0) is 14.7. The molecule has 20 heavy (non-hydrogen) atoms. The summed E-state index contributed by atoms with van der Waals surface area (Å²) in [6, 6.07) is 8.63. The topological polar surface area (TPSA) is 49.3 Å². The maximum atomic E-state index is 11.2. The van der Waals surface area contributed by atoms with Crippen LogP contribution in [0.25, 0.3) is 0 Å². The zero-order valence-corrected chi connectivity index (χ0v) is 12.6. The van der Waals surface area contributed by atoms with Crippen molar-refractivity contribution in [3.05, 3.63) is 35.4 Å². The standard InChI is InChI=1S/C17H25NO2/c1-11(2)8-16(17(19)20)18-15-9-14(10-15)13-6-4-12(3)5-7-13/h4-7,11,14-16,18H,8-10H2,1-3H3,(H,19,20). The van der Waals surface area contributed by atoms with E-state index in [0.717, 1.165) is 12.8 Å². The number of benzene rings is 1. The molecule has 1 aromatic rings. The van der Waals surface area contributed by atoms with Gasteiger partial charge in [0.05, 0.1) is 0 Å². The van der Waals surface area contributed by atoms with E-state index in [4.69, 9.17) is 0 Å². The Morgan fingerprint density at radius 2 is 1.90 bits per heavy atom. The van der Waals surface area contributed by atoms with Crippen molar-refractivity contribution in [3.8, 4) is 0 Å². The molecular formula is C17H25NO2. The van der Waals surface area contributed by atoms with Gasteiger partial charge in [-0.25, -0.2) is 0 Å². The normalized spacial score (nSPS) is 23.4. The summed E-state index contributed by atoms with van der Waals surface area (Å²) in [6.07, 6.45) is 2.79. The second-order valence-electron chi connectivity index (χ2n) is 6.46. The van der Waals surface area contributed by atoms with E-state index in [1.807, 2.05) is 0 Å². The van der Waals surface area contributed by atoms with Gasteiger partial charge in [0.1, 0.15) is 6.04 Å². The number of rotatable bonds is 6. The highest BCUT2D eigenvalue weighted by Gasteiger charge is 2.33. The molecule has 3 nitrogen and oxygen atoms in total. The fourth-order valence-electron chi connectivity index (χ4n) is 2.86. The molecule has 0 radical (unpaired) electrons. The first-order chi connectivity index (χ1) is 9.45. The van der Waals surface area contributed by atoms with Crippen molar-refractivity contribution in [3.63, 3.8) is 0 Å². The largest absolute Gasteiger partial charge is 0.480 e. The number of nitrogens with one attached hydrogen (secondary N) is 1. The second-order valence-corrected chi connectivity index (χ2v) is 6.46. The molecule has 1 aliphatic carbocycles. The average Bonchev–Trinajstić information content (AvgIpc) is 2.32. The van der Waals surface area contributed by atoms with Gasteiger partial charge < -0.3 is 10.4 Å². The smallest absolute Gasteiger partial charge is 0.320 e. The van der Waals surface area contributed by atoms with E-state index in [1.165, 1.54) is 11.1 Å². The number of aliphatic carboxylic acids is 1. The van der Waals surface area contributed by atoms with E-state index in [9.17, 15) is 9.90 Å². The van der Waals surface area contributed by atoms with Gasteiger partial charge in [-0.3, -0.25) is 4.79 Å². The molecular weight excluding hydrogens is 250 g/mol. The summed E-state index contributed by atoms with van der Waals surface area (Å²) in [7, 11) is 0. The fourth-order valence-corrected chi connectivity index (χ4v) is 2.86. The molecule has 0 saturated heterocycles. The zero-order valence-electron chi connectivity index (χ0n) is 12.6. The molecule has 0 bridgehead atoms. The van der Waals surface area contributed by atoms with Gasteiger partial charge in [-0.15, -0.1) is 0 Å². The van der Waals surface area contributed by atoms with Crippen molar-refractivity contribution in [2.45, 2.75) is 58.0 Å². The van der Waals surface area contributed by atoms with E-state index in [-0.39, 0.29) is 0 Å². The Hall–Kier alpha value is -1.35. The van der Waals surface area contributed by atoms with Gasteiger partial charge in [0, 0.05) is 6.04 Å². The molecule has 2 N–H and O–H groups in total. The van der Waals surface area contributed by atoms with Crippen molar-refractivity contribution in [2.24, 2.45) is 5.92 Å². The van der Waals surface area contributed by atoms with Crippen molar-refractivity contribution >= 4 is 5.97 Å². The van der Waals surface area contributed by atoms with Gasteiger partial charge in [0.15, 0.2) is 0 Å². The number of aryl methyl sites for hydroxylation is 1. The molecule has 1 aromatic carbocycles. The summed E-state index contributed by atoms with van der Waals surface area (Å²) in [4.78, 5) is 11.2. The van der Waals surface area contributed by atoms with Crippen LogP contribution in [0, 0.1) is 12.8 Å². The molecule has 1 aliphatic rings. The van der Waals surface area contributed by atoms with Crippen molar-refractivity contribution < 1.29 is 9.90 Å². The molecule has 110 valence electrons. The maximum absolute atomic E-state index is 11.2. The lowest BCUT2D eigenvalue weighted by Crippen LogP contribution is -2.49. The van der Waals surface area contributed by atoms with Gasteiger partial charge in [0.2, 0.25) is 0 Å². The molecule has 3 heteroatoms. The summed E-state index contributed by atoms with van der Waals surface area (Å²) in [6.45, 7) is 6.22. The Balaban J connectivity index is 1.83. The van der Waals surface area contributed by atoms with Crippen LogP contribution in [-0.4, -0.2) is 23.2 Å². The SMILES string of the molecule is Cc1ccc(C2CC(NC(CC(C)C)C(=O)O)C2)cc1. The molecule has 0 spiro atoms. The molecule has 0 aliphatic heterocycles. The third-order valence-corrected chi connectivity index (χ3v) is 4.13. The van der Waals surface area contributed by atoms with Crippen LogP contribution in [0.3, 0.4) is 0 Å². The Labute approximate surface area is 121 Å². The Morgan fingerprint density at radius 1 is 1.30 bits per heavy atom.